The molecule has 390 valence electrons. The average molecular weight is 940 g/mol. The van der Waals surface area contributed by atoms with E-state index in [1.165, 1.54) is 180 Å². The zero-order chi connectivity index (χ0) is 48.6. The van der Waals surface area contributed by atoms with Crippen LogP contribution in [0.15, 0.2) is 48.6 Å². The fraction of sp³-hybridized carbons (Fsp3) is 0.820. The minimum Gasteiger partial charge on any atom is -0.462 e. The van der Waals surface area contributed by atoms with Crippen molar-refractivity contribution in [3.63, 3.8) is 0 Å². The molecule has 1 unspecified atom stereocenters. The van der Waals surface area contributed by atoms with Crippen LogP contribution in [0.25, 0.3) is 0 Å². The molecule has 0 bridgehead atoms. The van der Waals surface area contributed by atoms with E-state index in [1.807, 2.05) is 0 Å². The second kappa shape index (κ2) is 56.0. The number of ether oxygens (including phenoxy) is 3. The predicted octanol–water partition coefficient (Wildman–Crippen LogP) is 19.4. The lowest BCUT2D eigenvalue weighted by atomic mass is 10.0. The van der Waals surface area contributed by atoms with E-state index >= 15 is 0 Å². The molecule has 0 aliphatic rings. The molecular formula is C61H110O6. The quantitative estimate of drug-likeness (QED) is 0.0262. The number of esters is 3. The van der Waals surface area contributed by atoms with Gasteiger partial charge >= 0.3 is 17.9 Å². The van der Waals surface area contributed by atoms with E-state index in [1.54, 1.807) is 0 Å². The second-order valence-corrected chi connectivity index (χ2v) is 19.5. The third kappa shape index (κ3) is 54.2. The van der Waals surface area contributed by atoms with E-state index in [4.69, 9.17) is 14.2 Å². The summed E-state index contributed by atoms with van der Waals surface area (Å²) in [7, 11) is 0. The molecule has 0 aromatic heterocycles. The van der Waals surface area contributed by atoms with Crippen LogP contribution in [0, 0.1) is 0 Å². The molecule has 0 N–H and O–H groups in total. The van der Waals surface area contributed by atoms with E-state index in [0.29, 0.717) is 19.3 Å². The molecule has 0 amide bonds. The minimum atomic E-state index is -0.762. The molecule has 0 aromatic carbocycles. The van der Waals surface area contributed by atoms with E-state index in [9.17, 15) is 14.4 Å². The molecule has 0 fully saturated rings. The first kappa shape index (κ1) is 64.4. The van der Waals surface area contributed by atoms with Gasteiger partial charge in [-0.3, -0.25) is 14.4 Å². The molecule has 67 heavy (non-hydrogen) atoms. The Hall–Kier alpha value is -2.63. The van der Waals surface area contributed by atoms with E-state index < -0.39 is 6.10 Å². The van der Waals surface area contributed by atoms with Gasteiger partial charge in [-0.2, -0.15) is 0 Å². The third-order valence-electron chi connectivity index (χ3n) is 12.8. The van der Waals surface area contributed by atoms with Crippen LogP contribution in [0.4, 0.5) is 0 Å². The molecule has 6 nitrogen and oxygen atoms in total. The van der Waals surface area contributed by atoms with Gasteiger partial charge in [-0.05, 0) is 57.8 Å². The fourth-order valence-electron chi connectivity index (χ4n) is 8.49. The zero-order valence-electron chi connectivity index (χ0n) is 44.7. The SMILES string of the molecule is CC/C=C\C/C=C\C/C=C\C/C=C\CCCCCCCCCCCCCCCCCCCCCCC(=O)OCC(COC(=O)CCCCCCCCCC)OC(=O)CCCCCCCCCC. The predicted molar refractivity (Wildman–Crippen MR) is 289 cm³/mol. The summed E-state index contributed by atoms with van der Waals surface area (Å²) in [6.45, 7) is 6.49. The first-order valence-corrected chi connectivity index (χ1v) is 29.1. The lowest BCUT2D eigenvalue weighted by Gasteiger charge is -2.18. The van der Waals surface area contributed by atoms with E-state index in [2.05, 4.69) is 69.4 Å². The standard InChI is InChI=1S/C61H110O6/c1-4-7-10-13-16-19-20-21-22-23-24-25-26-27-28-29-30-31-32-33-34-35-36-37-38-39-40-41-42-43-46-48-51-54-60(63)66-57-58(67-61(64)55-52-49-45-18-15-12-9-6-3)56-65-59(62)53-50-47-44-17-14-11-8-5-2/h7,10,16,19,21-22,24-25,58H,4-6,8-9,11-15,17-18,20,23,26-57H2,1-3H3/b10-7-,19-16-,22-21-,25-24-. The summed E-state index contributed by atoms with van der Waals surface area (Å²) in [5, 5.41) is 0. The van der Waals surface area contributed by atoms with Gasteiger partial charge in [0.1, 0.15) is 13.2 Å². The van der Waals surface area contributed by atoms with Gasteiger partial charge in [0.2, 0.25) is 0 Å². The van der Waals surface area contributed by atoms with Gasteiger partial charge in [0.05, 0.1) is 0 Å². The van der Waals surface area contributed by atoms with Gasteiger partial charge in [0.15, 0.2) is 6.10 Å². The Morgan fingerprint density at radius 3 is 0.910 bits per heavy atom. The Kier molecular flexibility index (Phi) is 53.8. The van der Waals surface area contributed by atoms with Crippen LogP contribution in [0.5, 0.6) is 0 Å². The maximum absolute atomic E-state index is 12.7. The highest BCUT2D eigenvalue weighted by atomic mass is 16.6. The molecule has 0 heterocycles. The van der Waals surface area contributed by atoms with Gasteiger partial charge in [-0.1, -0.05) is 275 Å². The molecular weight excluding hydrogens is 829 g/mol. The Morgan fingerprint density at radius 1 is 0.313 bits per heavy atom. The largest absolute Gasteiger partial charge is 0.462 e. The monoisotopic (exact) mass is 939 g/mol. The molecule has 0 saturated heterocycles. The van der Waals surface area contributed by atoms with Crippen LogP contribution in [0.2, 0.25) is 0 Å². The molecule has 0 aromatic rings. The fourth-order valence-corrected chi connectivity index (χ4v) is 8.49. The van der Waals surface area contributed by atoms with Gasteiger partial charge in [0, 0.05) is 19.3 Å². The topological polar surface area (TPSA) is 78.9 Å². The van der Waals surface area contributed by atoms with Gasteiger partial charge in [-0.25, -0.2) is 0 Å². The van der Waals surface area contributed by atoms with Crippen molar-refractivity contribution in [2.75, 3.05) is 13.2 Å². The van der Waals surface area contributed by atoms with Crippen molar-refractivity contribution >= 4 is 17.9 Å². The van der Waals surface area contributed by atoms with Crippen LogP contribution in [-0.4, -0.2) is 37.2 Å². The van der Waals surface area contributed by atoms with Crippen molar-refractivity contribution in [1.29, 1.82) is 0 Å². The summed E-state index contributed by atoms with van der Waals surface area (Å²) in [6.07, 6.45) is 68.8. The summed E-state index contributed by atoms with van der Waals surface area (Å²) >= 11 is 0. The molecule has 0 aliphatic carbocycles. The van der Waals surface area contributed by atoms with Crippen molar-refractivity contribution in [3.8, 4) is 0 Å². The molecule has 0 saturated carbocycles. The van der Waals surface area contributed by atoms with Crippen molar-refractivity contribution in [3.05, 3.63) is 48.6 Å². The van der Waals surface area contributed by atoms with Crippen molar-refractivity contribution in [2.24, 2.45) is 0 Å². The van der Waals surface area contributed by atoms with Gasteiger partial charge in [-0.15, -0.1) is 0 Å². The Morgan fingerprint density at radius 2 is 0.582 bits per heavy atom. The summed E-state index contributed by atoms with van der Waals surface area (Å²) in [5.74, 6) is -0.863. The molecule has 6 heteroatoms. The van der Waals surface area contributed by atoms with Crippen LogP contribution in [0.3, 0.4) is 0 Å². The lowest BCUT2D eigenvalue weighted by molar-refractivity contribution is -0.167. The zero-order valence-corrected chi connectivity index (χ0v) is 44.7. The van der Waals surface area contributed by atoms with E-state index in [0.717, 1.165) is 83.5 Å². The van der Waals surface area contributed by atoms with Crippen LogP contribution in [-0.2, 0) is 28.6 Å². The number of unbranched alkanes of at least 4 members (excludes halogenated alkanes) is 34. The second-order valence-electron chi connectivity index (χ2n) is 19.5. The molecule has 0 radical (unpaired) electrons. The van der Waals surface area contributed by atoms with E-state index in [-0.39, 0.29) is 31.1 Å². The highest BCUT2D eigenvalue weighted by Crippen LogP contribution is 2.17. The first-order chi connectivity index (χ1) is 33.0. The number of carbonyl (C=O) groups excluding carboxylic acids is 3. The summed E-state index contributed by atoms with van der Waals surface area (Å²) < 4.78 is 16.7. The summed E-state index contributed by atoms with van der Waals surface area (Å²) in [4.78, 5) is 37.7. The minimum absolute atomic E-state index is 0.0671. The van der Waals surface area contributed by atoms with Crippen molar-refractivity contribution < 1.29 is 28.6 Å². The number of carbonyl (C=O) groups is 3. The van der Waals surface area contributed by atoms with Gasteiger partial charge in [0.25, 0.3) is 0 Å². The van der Waals surface area contributed by atoms with Crippen LogP contribution < -0.4 is 0 Å². The van der Waals surface area contributed by atoms with Crippen LogP contribution in [0.1, 0.15) is 303 Å². The van der Waals surface area contributed by atoms with Gasteiger partial charge < -0.3 is 14.2 Å². The number of allylic oxidation sites excluding steroid dienone is 8. The number of hydrogen-bond acceptors (Lipinski definition) is 6. The van der Waals surface area contributed by atoms with Crippen molar-refractivity contribution in [1.82, 2.24) is 0 Å². The molecule has 0 rings (SSSR count). The summed E-state index contributed by atoms with van der Waals surface area (Å²) in [6, 6.07) is 0. The smallest absolute Gasteiger partial charge is 0.306 e. The highest BCUT2D eigenvalue weighted by molar-refractivity contribution is 5.71. The highest BCUT2D eigenvalue weighted by Gasteiger charge is 2.19. The normalized spacial score (nSPS) is 12.3. The average Bonchev–Trinajstić information content (AvgIpc) is 3.33. The third-order valence-corrected chi connectivity index (χ3v) is 12.8. The maximum atomic E-state index is 12.7. The summed E-state index contributed by atoms with van der Waals surface area (Å²) in [5.41, 5.74) is 0. The first-order valence-electron chi connectivity index (χ1n) is 29.1. The number of rotatable bonds is 53. The Bertz CT molecular complexity index is 1170. The Labute approximate surface area is 416 Å². The van der Waals surface area contributed by atoms with Crippen LogP contribution >= 0.6 is 0 Å². The Balaban J connectivity index is 3.87. The molecule has 0 aliphatic heterocycles. The van der Waals surface area contributed by atoms with Crippen molar-refractivity contribution in [2.45, 2.75) is 309 Å². The number of hydrogen-bond donors (Lipinski definition) is 0. The molecule has 0 spiro atoms. The lowest BCUT2D eigenvalue weighted by Crippen LogP contribution is -2.30. The molecule has 1 atom stereocenters. The maximum Gasteiger partial charge on any atom is 0.306 e.